The molecule has 15 heavy (non-hydrogen) atoms. The molecular formula is C15H22. The van der Waals surface area contributed by atoms with Crippen molar-refractivity contribution in [3.63, 3.8) is 0 Å². The highest BCUT2D eigenvalue weighted by molar-refractivity contribution is 5.37. The van der Waals surface area contributed by atoms with Crippen molar-refractivity contribution in [3.05, 3.63) is 35.4 Å². The second-order valence-corrected chi connectivity index (χ2v) is 4.20. The first-order valence-electron chi connectivity index (χ1n) is 5.21. The second kappa shape index (κ2) is 6.30. The molecule has 0 nitrogen and oxygen atoms in total. The minimum atomic E-state index is 0. The first-order chi connectivity index (χ1) is 6.59. The van der Waals surface area contributed by atoms with Gasteiger partial charge in [-0.05, 0) is 23.6 Å². The summed E-state index contributed by atoms with van der Waals surface area (Å²) in [6, 6.07) is 8.53. The second-order valence-electron chi connectivity index (χ2n) is 4.20. The van der Waals surface area contributed by atoms with Gasteiger partial charge in [-0.25, -0.2) is 0 Å². The van der Waals surface area contributed by atoms with Gasteiger partial charge in [-0.3, -0.25) is 0 Å². The molecule has 0 heterocycles. The first-order valence-corrected chi connectivity index (χ1v) is 5.21. The van der Waals surface area contributed by atoms with E-state index < -0.39 is 0 Å². The molecule has 0 atom stereocenters. The zero-order chi connectivity index (χ0) is 10.6. The third kappa shape index (κ3) is 4.70. The van der Waals surface area contributed by atoms with Crippen LogP contribution in [0.5, 0.6) is 0 Å². The molecule has 0 aliphatic heterocycles. The molecule has 0 fully saturated rings. The fraction of sp³-hybridized carbons (Fsp3) is 0.467. The van der Waals surface area contributed by atoms with Crippen molar-refractivity contribution in [2.75, 3.05) is 0 Å². The topological polar surface area (TPSA) is 0 Å². The van der Waals surface area contributed by atoms with E-state index in [-0.39, 0.29) is 7.43 Å². The van der Waals surface area contributed by atoms with Crippen molar-refractivity contribution in [3.8, 4) is 11.8 Å². The van der Waals surface area contributed by atoms with Crippen molar-refractivity contribution in [2.24, 2.45) is 5.92 Å². The zero-order valence-electron chi connectivity index (χ0n) is 9.46. The highest BCUT2D eigenvalue weighted by atomic mass is 14.0. The summed E-state index contributed by atoms with van der Waals surface area (Å²) < 4.78 is 0. The van der Waals surface area contributed by atoms with E-state index in [9.17, 15) is 0 Å². The minimum absolute atomic E-state index is 0. The maximum Gasteiger partial charge on any atom is 0.0245 e. The van der Waals surface area contributed by atoms with Gasteiger partial charge in [-0.15, -0.1) is 0 Å². The van der Waals surface area contributed by atoms with Crippen molar-refractivity contribution in [2.45, 2.75) is 41.0 Å². The predicted octanol–water partition coefficient (Wildman–Crippen LogP) is 4.45. The number of hydrogen-bond donors (Lipinski definition) is 0. The van der Waals surface area contributed by atoms with Gasteiger partial charge >= 0.3 is 0 Å². The maximum absolute atomic E-state index is 3.16. The molecule has 0 amide bonds. The van der Waals surface area contributed by atoms with Gasteiger partial charge in [0.05, 0.1) is 0 Å². The van der Waals surface area contributed by atoms with Crippen LogP contribution in [0.2, 0.25) is 0 Å². The van der Waals surface area contributed by atoms with Crippen LogP contribution < -0.4 is 0 Å². The largest absolute Gasteiger partial charge is 0.0951 e. The molecule has 0 unspecified atom stereocenters. The highest BCUT2D eigenvalue weighted by Crippen LogP contribution is 2.14. The molecule has 0 N–H and O–H groups in total. The van der Waals surface area contributed by atoms with Gasteiger partial charge in [0, 0.05) is 11.5 Å². The van der Waals surface area contributed by atoms with E-state index in [4.69, 9.17) is 0 Å². The Hall–Kier alpha value is -1.22. The van der Waals surface area contributed by atoms with Crippen LogP contribution >= 0.6 is 0 Å². The molecule has 1 rings (SSSR count). The summed E-state index contributed by atoms with van der Waals surface area (Å²) in [5.41, 5.74) is 2.49. The lowest BCUT2D eigenvalue weighted by atomic mass is 10.0. The SMILES string of the molecule is C.CC(C)C#Cc1ccc(C(C)C)cc1. The van der Waals surface area contributed by atoms with Crippen LogP contribution in [0.3, 0.4) is 0 Å². The number of benzene rings is 1. The van der Waals surface area contributed by atoms with Crippen LogP contribution in [0.25, 0.3) is 0 Å². The maximum atomic E-state index is 3.16. The van der Waals surface area contributed by atoms with Gasteiger partial charge in [0.15, 0.2) is 0 Å². The quantitative estimate of drug-likeness (QED) is 0.590. The van der Waals surface area contributed by atoms with Crippen LogP contribution in [-0.4, -0.2) is 0 Å². The van der Waals surface area contributed by atoms with Gasteiger partial charge < -0.3 is 0 Å². The zero-order valence-corrected chi connectivity index (χ0v) is 9.46. The molecule has 0 bridgehead atoms. The van der Waals surface area contributed by atoms with Crippen molar-refractivity contribution in [1.82, 2.24) is 0 Å². The molecule has 0 aromatic heterocycles. The van der Waals surface area contributed by atoms with E-state index in [1.807, 2.05) is 0 Å². The number of hydrogen-bond acceptors (Lipinski definition) is 0. The summed E-state index contributed by atoms with van der Waals surface area (Å²) in [7, 11) is 0. The minimum Gasteiger partial charge on any atom is -0.0951 e. The Bertz CT molecular complexity index is 331. The molecule has 0 aliphatic carbocycles. The van der Waals surface area contributed by atoms with Gasteiger partial charge in [-0.2, -0.15) is 0 Å². The van der Waals surface area contributed by atoms with E-state index in [1.165, 1.54) is 5.56 Å². The fourth-order valence-corrected chi connectivity index (χ4v) is 1.18. The summed E-state index contributed by atoms with van der Waals surface area (Å²) in [6.07, 6.45) is 0. The molecule has 0 heteroatoms. The van der Waals surface area contributed by atoms with Crippen molar-refractivity contribution < 1.29 is 0 Å². The molecule has 1 aromatic rings. The summed E-state index contributed by atoms with van der Waals surface area (Å²) in [5.74, 6) is 7.36. The average Bonchev–Trinajstić information content (AvgIpc) is 2.15. The molecule has 0 saturated carbocycles. The summed E-state index contributed by atoms with van der Waals surface area (Å²) >= 11 is 0. The lowest BCUT2D eigenvalue weighted by Crippen LogP contribution is -1.86. The van der Waals surface area contributed by atoms with Crippen LogP contribution in [0.15, 0.2) is 24.3 Å². The van der Waals surface area contributed by atoms with E-state index in [0.29, 0.717) is 11.8 Å². The van der Waals surface area contributed by atoms with Gasteiger partial charge in [0.25, 0.3) is 0 Å². The Labute approximate surface area is 94.7 Å². The predicted molar refractivity (Wildman–Crippen MR) is 69.0 cm³/mol. The monoisotopic (exact) mass is 202 g/mol. The van der Waals surface area contributed by atoms with Crippen LogP contribution in [-0.2, 0) is 0 Å². The normalized spacial score (nSPS) is 9.47. The molecule has 82 valence electrons. The van der Waals surface area contributed by atoms with E-state index in [2.05, 4.69) is 63.8 Å². The van der Waals surface area contributed by atoms with Crippen LogP contribution in [0, 0.1) is 17.8 Å². The molecule has 1 aromatic carbocycles. The third-order valence-electron chi connectivity index (χ3n) is 2.08. The van der Waals surface area contributed by atoms with Crippen LogP contribution in [0.1, 0.15) is 52.2 Å². The summed E-state index contributed by atoms with van der Waals surface area (Å²) in [4.78, 5) is 0. The molecular weight excluding hydrogens is 180 g/mol. The summed E-state index contributed by atoms with van der Waals surface area (Å²) in [6.45, 7) is 8.62. The molecule has 0 aliphatic rings. The Kier molecular flexibility index (Phi) is 5.79. The van der Waals surface area contributed by atoms with Crippen molar-refractivity contribution >= 4 is 0 Å². The van der Waals surface area contributed by atoms with E-state index >= 15 is 0 Å². The summed E-state index contributed by atoms with van der Waals surface area (Å²) in [5, 5.41) is 0. The van der Waals surface area contributed by atoms with Crippen molar-refractivity contribution in [1.29, 1.82) is 0 Å². The standard InChI is InChI=1S/C14H18.CH4/c1-11(2)5-6-13-7-9-14(10-8-13)12(3)4;/h7-12H,1-4H3;1H4. The van der Waals surface area contributed by atoms with Crippen LogP contribution in [0.4, 0.5) is 0 Å². The molecule has 0 saturated heterocycles. The van der Waals surface area contributed by atoms with Gasteiger partial charge in [0.1, 0.15) is 0 Å². The third-order valence-corrected chi connectivity index (χ3v) is 2.08. The number of rotatable bonds is 1. The molecule has 0 spiro atoms. The Morgan fingerprint density at radius 3 is 1.87 bits per heavy atom. The lowest BCUT2D eigenvalue weighted by Gasteiger charge is -2.03. The van der Waals surface area contributed by atoms with E-state index in [0.717, 1.165) is 5.56 Å². The Balaban J connectivity index is 0.00000196. The molecule has 0 radical (unpaired) electrons. The Morgan fingerprint density at radius 2 is 1.47 bits per heavy atom. The fourth-order valence-electron chi connectivity index (χ4n) is 1.18. The highest BCUT2D eigenvalue weighted by Gasteiger charge is 1.96. The Morgan fingerprint density at radius 1 is 0.933 bits per heavy atom. The van der Waals surface area contributed by atoms with Gasteiger partial charge in [-0.1, -0.05) is 59.1 Å². The smallest absolute Gasteiger partial charge is 0.0245 e. The lowest BCUT2D eigenvalue weighted by molar-refractivity contribution is 0.864. The average molecular weight is 202 g/mol. The first kappa shape index (κ1) is 13.8. The van der Waals surface area contributed by atoms with E-state index in [1.54, 1.807) is 0 Å². The van der Waals surface area contributed by atoms with Gasteiger partial charge in [0.2, 0.25) is 0 Å².